The first-order valence-corrected chi connectivity index (χ1v) is 11.7. The van der Waals surface area contributed by atoms with Crippen molar-refractivity contribution in [2.45, 2.75) is 18.9 Å². The summed E-state index contributed by atoms with van der Waals surface area (Å²) in [5, 5.41) is 4.40. The van der Waals surface area contributed by atoms with Crippen molar-refractivity contribution in [2.24, 2.45) is 20.7 Å². The molecule has 158 valence electrons. The van der Waals surface area contributed by atoms with Crippen LogP contribution in [0.3, 0.4) is 0 Å². The fourth-order valence-electron chi connectivity index (χ4n) is 4.29. The number of thioether (sulfide) groups is 1. The van der Waals surface area contributed by atoms with Crippen molar-refractivity contribution in [3.05, 3.63) is 69.1 Å². The Morgan fingerprint density at radius 1 is 1.06 bits per heavy atom. The number of hydrogen-bond acceptors (Lipinski definition) is 6. The van der Waals surface area contributed by atoms with Crippen LogP contribution < -0.4 is 5.73 Å². The molecule has 1 unspecified atom stereocenters. The van der Waals surface area contributed by atoms with E-state index in [2.05, 4.69) is 22.5 Å². The normalized spacial score (nSPS) is 23.0. The Kier molecular flexibility index (Phi) is 5.32. The van der Waals surface area contributed by atoms with E-state index < -0.39 is 5.54 Å². The van der Waals surface area contributed by atoms with Gasteiger partial charge in [0.2, 0.25) is 0 Å². The number of guanidine groups is 1. The van der Waals surface area contributed by atoms with Gasteiger partial charge in [0.15, 0.2) is 11.5 Å². The van der Waals surface area contributed by atoms with Gasteiger partial charge in [0.05, 0.1) is 11.6 Å². The Balaban J connectivity index is 1.70. The smallest absolute Gasteiger partial charge is 0.198 e. The second kappa shape index (κ2) is 8.01. The number of amidine groups is 1. The number of aliphatic imine (C=N–C) groups is 3. The maximum atomic E-state index is 6.42. The summed E-state index contributed by atoms with van der Waals surface area (Å²) in [6.07, 6.45) is 0.960. The summed E-state index contributed by atoms with van der Waals surface area (Å²) in [6.45, 7) is 4.17. The van der Waals surface area contributed by atoms with Crippen LogP contribution in [0.1, 0.15) is 18.9 Å². The first-order chi connectivity index (χ1) is 15.0. The highest BCUT2D eigenvalue weighted by atomic mass is 35.5. The van der Waals surface area contributed by atoms with E-state index in [0.717, 1.165) is 52.7 Å². The zero-order chi connectivity index (χ0) is 21.6. The number of nitrogens with zero attached hydrogens (tertiary/aromatic N) is 4. The predicted molar refractivity (Wildman–Crippen MR) is 132 cm³/mol. The van der Waals surface area contributed by atoms with Crippen molar-refractivity contribution in [1.82, 2.24) is 4.90 Å². The zero-order valence-corrected chi connectivity index (χ0v) is 19.3. The summed E-state index contributed by atoms with van der Waals surface area (Å²) in [7, 11) is 0. The minimum Gasteiger partial charge on any atom is -0.369 e. The van der Waals surface area contributed by atoms with Crippen LogP contribution in [-0.4, -0.2) is 41.4 Å². The molecule has 3 aliphatic rings. The highest BCUT2D eigenvalue weighted by Gasteiger charge is 2.50. The molecule has 3 aliphatic heterocycles. The maximum absolute atomic E-state index is 6.42. The van der Waals surface area contributed by atoms with Gasteiger partial charge in [0, 0.05) is 23.1 Å². The van der Waals surface area contributed by atoms with Gasteiger partial charge in [-0.3, -0.25) is 14.9 Å². The van der Waals surface area contributed by atoms with Gasteiger partial charge in [-0.1, -0.05) is 53.2 Å². The molecule has 0 saturated heterocycles. The number of benzene rings is 2. The van der Waals surface area contributed by atoms with Gasteiger partial charge in [0.25, 0.3) is 0 Å². The van der Waals surface area contributed by atoms with Gasteiger partial charge < -0.3 is 5.73 Å². The molecule has 2 aromatic carbocycles. The topological polar surface area (TPSA) is 66.3 Å². The van der Waals surface area contributed by atoms with Crippen LogP contribution in [0, 0.1) is 0 Å². The monoisotopic (exact) mass is 469 g/mol. The molecule has 0 radical (unpaired) electrons. The molecule has 0 aliphatic carbocycles. The van der Waals surface area contributed by atoms with Crippen molar-refractivity contribution < 1.29 is 0 Å². The molecule has 31 heavy (non-hydrogen) atoms. The Labute approximate surface area is 195 Å². The largest absolute Gasteiger partial charge is 0.369 e. The van der Waals surface area contributed by atoms with Crippen molar-refractivity contribution in [3.8, 4) is 11.1 Å². The van der Waals surface area contributed by atoms with Gasteiger partial charge in [0.1, 0.15) is 5.84 Å². The van der Waals surface area contributed by atoms with Crippen molar-refractivity contribution in [1.29, 1.82) is 0 Å². The van der Waals surface area contributed by atoms with Gasteiger partial charge in [-0.05, 0) is 65.3 Å². The molecule has 0 fully saturated rings. The summed E-state index contributed by atoms with van der Waals surface area (Å²) in [5.41, 5.74) is 9.68. The van der Waals surface area contributed by atoms with E-state index >= 15 is 0 Å². The molecule has 2 aromatic rings. The minimum atomic E-state index is -0.778. The summed E-state index contributed by atoms with van der Waals surface area (Å²) < 4.78 is 0. The SMILES string of the molecule is CC1=NCC(C2(c3cccc(-c4cc(Cl)cc(Cl)c4)c3)N=C(N)N3CCCN=C32)=CS1. The Morgan fingerprint density at radius 2 is 1.87 bits per heavy atom. The fourth-order valence-corrected chi connectivity index (χ4v) is 5.51. The summed E-state index contributed by atoms with van der Waals surface area (Å²) in [4.78, 5) is 16.7. The van der Waals surface area contributed by atoms with E-state index in [1.165, 1.54) is 0 Å². The van der Waals surface area contributed by atoms with Crippen molar-refractivity contribution >= 4 is 51.8 Å². The molecule has 2 N–H and O–H groups in total. The lowest BCUT2D eigenvalue weighted by Gasteiger charge is -2.35. The molecule has 3 heterocycles. The molecule has 0 bridgehead atoms. The van der Waals surface area contributed by atoms with Gasteiger partial charge in [-0.15, -0.1) is 0 Å². The van der Waals surface area contributed by atoms with Crippen LogP contribution in [-0.2, 0) is 5.54 Å². The lowest BCUT2D eigenvalue weighted by atomic mass is 9.81. The molecular weight excluding hydrogens is 449 g/mol. The lowest BCUT2D eigenvalue weighted by Crippen LogP contribution is -2.47. The predicted octanol–water partition coefficient (Wildman–Crippen LogP) is 5.34. The third kappa shape index (κ3) is 3.56. The van der Waals surface area contributed by atoms with E-state index in [-0.39, 0.29) is 0 Å². The highest BCUT2D eigenvalue weighted by Crippen LogP contribution is 2.44. The minimum absolute atomic E-state index is 0.506. The number of halogens is 2. The Bertz CT molecular complexity index is 1170. The number of fused-ring (bicyclic) bond motifs is 1. The van der Waals surface area contributed by atoms with Crippen LogP contribution >= 0.6 is 35.0 Å². The highest BCUT2D eigenvalue weighted by molar-refractivity contribution is 8.16. The van der Waals surface area contributed by atoms with Crippen LogP contribution in [0.2, 0.25) is 10.0 Å². The molecule has 8 heteroatoms. The molecule has 0 spiro atoms. The zero-order valence-electron chi connectivity index (χ0n) is 17.0. The first kappa shape index (κ1) is 20.6. The number of rotatable bonds is 3. The summed E-state index contributed by atoms with van der Waals surface area (Å²) >= 11 is 14.2. The van der Waals surface area contributed by atoms with Gasteiger partial charge in [-0.2, -0.15) is 0 Å². The van der Waals surface area contributed by atoms with Crippen LogP contribution in [0.5, 0.6) is 0 Å². The molecule has 0 aromatic heterocycles. The molecule has 5 nitrogen and oxygen atoms in total. The van der Waals surface area contributed by atoms with E-state index in [0.29, 0.717) is 22.5 Å². The molecule has 1 atom stereocenters. The maximum Gasteiger partial charge on any atom is 0.198 e. The van der Waals surface area contributed by atoms with Crippen molar-refractivity contribution in [2.75, 3.05) is 19.6 Å². The molecule has 5 rings (SSSR count). The molecule has 0 amide bonds. The Morgan fingerprint density at radius 3 is 2.61 bits per heavy atom. The van der Waals surface area contributed by atoms with Crippen LogP contribution in [0.15, 0.2) is 68.4 Å². The number of nitrogens with two attached hydrogens (primary N) is 1. The number of hydrogen-bond donors (Lipinski definition) is 1. The standard InChI is InChI=1S/C23H21Cl2N5S/c1-14-28-12-18(13-31-14)23(21-27-6-3-7-30(21)22(26)29-23)17-5-2-4-15(8-17)16-9-19(24)11-20(25)10-16/h2,4-5,8-11,13H,3,6-7,12H2,1H3,(H2,26,29). The van der Waals surface area contributed by atoms with Gasteiger partial charge >= 0.3 is 0 Å². The van der Waals surface area contributed by atoms with Crippen LogP contribution in [0.4, 0.5) is 0 Å². The lowest BCUT2D eigenvalue weighted by molar-refractivity contribution is 0.528. The van der Waals surface area contributed by atoms with E-state index in [1.54, 1.807) is 17.8 Å². The first-order valence-electron chi connectivity index (χ1n) is 10.1. The Hall–Kier alpha value is -2.28. The molecular formula is C23H21Cl2N5S. The second-order valence-corrected chi connectivity index (χ2v) is 9.66. The van der Waals surface area contributed by atoms with E-state index in [9.17, 15) is 0 Å². The second-order valence-electron chi connectivity index (χ2n) is 7.73. The fraction of sp³-hybridized carbons (Fsp3) is 0.261. The summed E-state index contributed by atoms with van der Waals surface area (Å²) in [5.74, 6) is 1.39. The quantitative estimate of drug-likeness (QED) is 0.659. The average Bonchev–Trinajstić information content (AvgIpc) is 3.07. The van der Waals surface area contributed by atoms with Crippen LogP contribution in [0.25, 0.3) is 11.1 Å². The third-order valence-electron chi connectivity index (χ3n) is 5.72. The van der Waals surface area contributed by atoms with E-state index in [1.807, 2.05) is 36.1 Å². The molecule has 0 saturated carbocycles. The summed E-state index contributed by atoms with van der Waals surface area (Å²) in [6, 6.07) is 13.9. The average molecular weight is 470 g/mol. The van der Waals surface area contributed by atoms with E-state index in [4.69, 9.17) is 38.9 Å². The third-order valence-corrected chi connectivity index (χ3v) is 7.03. The van der Waals surface area contributed by atoms with Crippen molar-refractivity contribution in [3.63, 3.8) is 0 Å². The van der Waals surface area contributed by atoms with Gasteiger partial charge in [-0.25, -0.2) is 4.99 Å².